The molecule has 0 bridgehead atoms. The van der Waals surface area contributed by atoms with E-state index in [1.807, 2.05) is 29.8 Å². The van der Waals surface area contributed by atoms with Crippen LogP contribution in [0.5, 0.6) is 0 Å². The van der Waals surface area contributed by atoms with Crippen LogP contribution in [0.15, 0.2) is 30.3 Å². The third-order valence-electron chi connectivity index (χ3n) is 6.80. The molecule has 7 nitrogen and oxygen atoms in total. The number of hydrogen-bond donors (Lipinski definition) is 0. The van der Waals surface area contributed by atoms with Crippen LogP contribution in [0.3, 0.4) is 0 Å². The molecule has 0 atom stereocenters. The van der Waals surface area contributed by atoms with Gasteiger partial charge in [0.05, 0.1) is 16.8 Å². The number of benzene rings is 1. The van der Waals surface area contributed by atoms with Gasteiger partial charge in [-0.05, 0) is 38.3 Å². The number of aryl methyl sites for hydroxylation is 2. The molecular formula is C25H32N6O. The van der Waals surface area contributed by atoms with E-state index in [9.17, 15) is 4.79 Å². The van der Waals surface area contributed by atoms with E-state index in [4.69, 9.17) is 15.1 Å². The smallest absolute Gasteiger partial charge is 0.225 e. The molecule has 0 spiro atoms. The summed E-state index contributed by atoms with van der Waals surface area (Å²) in [6, 6.07) is 10.2. The molecule has 2 fully saturated rings. The van der Waals surface area contributed by atoms with Crippen LogP contribution < -0.4 is 4.90 Å². The highest BCUT2D eigenvalue weighted by atomic mass is 16.2. The third kappa shape index (κ3) is 3.85. The summed E-state index contributed by atoms with van der Waals surface area (Å²) >= 11 is 0. The number of carbonyl (C=O) groups is 1. The first-order valence-corrected chi connectivity index (χ1v) is 12.0. The van der Waals surface area contributed by atoms with Crippen LogP contribution in [-0.4, -0.2) is 56.7 Å². The number of anilines is 1. The van der Waals surface area contributed by atoms with E-state index in [0.29, 0.717) is 5.91 Å². The number of hydrogen-bond acceptors (Lipinski definition) is 5. The molecule has 1 saturated heterocycles. The lowest BCUT2D eigenvalue weighted by molar-refractivity contribution is -0.135. The number of piperazine rings is 1. The number of fused-ring (bicyclic) bond motifs is 1. The highest BCUT2D eigenvalue weighted by Crippen LogP contribution is 2.31. The van der Waals surface area contributed by atoms with Crippen molar-refractivity contribution in [3.05, 3.63) is 41.9 Å². The molecule has 7 heteroatoms. The Morgan fingerprint density at radius 2 is 1.75 bits per heavy atom. The second-order valence-corrected chi connectivity index (χ2v) is 9.04. The number of carbonyl (C=O) groups excluding carboxylic acids is 1. The minimum absolute atomic E-state index is 0.245. The quantitative estimate of drug-likeness (QED) is 0.611. The van der Waals surface area contributed by atoms with E-state index >= 15 is 0 Å². The zero-order valence-electron chi connectivity index (χ0n) is 19.1. The fourth-order valence-corrected chi connectivity index (χ4v) is 5.09. The lowest BCUT2D eigenvalue weighted by Crippen LogP contribution is -2.50. The molecule has 3 aromatic rings. The summed E-state index contributed by atoms with van der Waals surface area (Å²) in [4.78, 5) is 27.2. The predicted molar refractivity (Wildman–Crippen MR) is 126 cm³/mol. The Kier molecular flexibility index (Phi) is 5.81. The molecule has 3 heterocycles. The van der Waals surface area contributed by atoms with Gasteiger partial charge in [-0.15, -0.1) is 0 Å². The number of nitrogens with zero attached hydrogens (tertiary/aromatic N) is 6. The highest BCUT2D eigenvalue weighted by molar-refractivity contribution is 5.91. The molecule has 2 aliphatic rings. The van der Waals surface area contributed by atoms with Crippen molar-refractivity contribution in [1.82, 2.24) is 24.6 Å². The third-order valence-corrected chi connectivity index (χ3v) is 6.80. The van der Waals surface area contributed by atoms with Crippen molar-refractivity contribution in [3.8, 4) is 5.69 Å². The standard InChI is InChI=1S/C25H32N6O/c1-3-9-21-26-23(29-14-16-30(17-15-29)25(32)19-10-7-8-11-19)22-18(2)28-31(24(22)27-21)20-12-5-4-6-13-20/h4-6,12-13,19H,3,7-11,14-17H2,1-2H3. The SMILES string of the molecule is CCCc1nc(N2CCN(C(=O)C3CCCC3)CC2)c2c(C)nn(-c3ccccc3)c2n1. The van der Waals surface area contributed by atoms with Crippen molar-refractivity contribution < 1.29 is 4.79 Å². The van der Waals surface area contributed by atoms with Crippen molar-refractivity contribution in [1.29, 1.82) is 0 Å². The molecule has 32 heavy (non-hydrogen) atoms. The number of para-hydroxylation sites is 1. The number of rotatable bonds is 5. The first kappa shape index (κ1) is 20.9. The second-order valence-electron chi connectivity index (χ2n) is 9.04. The van der Waals surface area contributed by atoms with Gasteiger partial charge >= 0.3 is 0 Å². The van der Waals surface area contributed by atoms with E-state index < -0.39 is 0 Å². The van der Waals surface area contributed by atoms with Gasteiger partial charge in [-0.3, -0.25) is 4.79 Å². The van der Waals surface area contributed by atoms with Crippen LogP contribution in [0.2, 0.25) is 0 Å². The van der Waals surface area contributed by atoms with Crippen molar-refractivity contribution in [2.24, 2.45) is 5.92 Å². The maximum absolute atomic E-state index is 12.9. The van der Waals surface area contributed by atoms with Crippen LogP contribution in [0, 0.1) is 12.8 Å². The highest BCUT2D eigenvalue weighted by Gasteiger charge is 2.31. The first-order chi connectivity index (χ1) is 15.7. The summed E-state index contributed by atoms with van der Waals surface area (Å²) in [6.45, 7) is 7.30. The monoisotopic (exact) mass is 432 g/mol. The Bertz CT molecular complexity index is 1090. The van der Waals surface area contributed by atoms with Gasteiger partial charge in [0, 0.05) is 38.5 Å². The summed E-state index contributed by atoms with van der Waals surface area (Å²) in [5.74, 6) is 2.42. The van der Waals surface area contributed by atoms with Gasteiger partial charge in [-0.2, -0.15) is 5.10 Å². The Labute approximate surface area is 189 Å². The van der Waals surface area contributed by atoms with Crippen molar-refractivity contribution in [2.75, 3.05) is 31.1 Å². The average Bonchev–Trinajstić information content (AvgIpc) is 3.48. The Hall–Kier alpha value is -2.96. The van der Waals surface area contributed by atoms with E-state index in [2.05, 4.69) is 28.9 Å². The molecule has 168 valence electrons. The largest absolute Gasteiger partial charge is 0.352 e. The van der Waals surface area contributed by atoms with Crippen LogP contribution >= 0.6 is 0 Å². The fourth-order valence-electron chi connectivity index (χ4n) is 5.09. The summed E-state index contributed by atoms with van der Waals surface area (Å²) in [6.07, 6.45) is 6.34. The van der Waals surface area contributed by atoms with Crippen molar-refractivity contribution in [3.63, 3.8) is 0 Å². The minimum Gasteiger partial charge on any atom is -0.352 e. The predicted octanol–water partition coefficient (Wildman–Crippen LogP) is 3.92. The molecule has 1 aromatic carbocycles. The summed E-state index contributed by atoms with van der Waals surface area (Å²) < 4.78 is 1.94. The molecule has 1 aliphatic heterocycles. The van der Waals surface area contributed by atoms with Gasteiger partial charge in [0.1, 0.15) is 11.6 Å². The summed E-state index contributed by atoms with van der Waals surface area (Å²) in [7, 11) is 0. The Morgan fingerprint density at radius 1 is 1.03 bits per heavy atom. The van der Waals surface area contributed by atoms with E-state index in [0.717, 1.165) is 85.9 Å². The normalized spacial score (nSPS) is 17.4. The second kappa shape index (κ2) is 8.88. The molecule has 1 saturated carbocycles. The van der Waals surface area contributed by atoms with Gasteiger partial charge in [0.15, 0.2) is 5.65 Å². The zero-order valence-corrected chi connectivity index (χ0v) is 19.1. The van der Waals surface area contributed by atoms with Gasteiger partial charge < -0.3 is 9.80 Å². The Balaban J connectivity index is 1.47. The van der Waals surface area contributed by atoms with E-state index in [1.165, 1.54) is 12.8 Å². The number of amides is 1. The minimum atomic E-state index is 0.245. The molecular weight excluding hydrogens is 400 g/mol. The van der Waals surface area contributed by atoms with Gasteiger partial charge in [-0.1, -0.05) is 38.0 Å². The molecule has 5 rings (SSSR count). The van der Waals surface area contributed by atoms with Crippen LogP contribution in [0.4, 0.5) is 5.82 Å². The first-order valence-electron chi connectivity index (χ1n) is 12.0. The van der Waals surface area contributed by atoms with Crippen molar-refractivity contribution >= 4 is 22.8 Å². The maximum Gasteiger partial charge on any atom is 0.225 e. The Morgan fingerprint density at radius 3 is 2.44 bits per heavy atom. The van der Waals surface area contributed by atoms with Gasteiger partial charge in [0.25, 0.3) is 0 Å². The molecule has 0 unspecified atom stereocenters. The molecule has 0 N–H and O–H groups in total. The number of aromatic nitrogens is 4. The van der Waals surface area contributed by atoms with E-state index in [1.54, 1.807) is 0 Å². The van der Waals surface area contributed by atoms with Crippen LogP contribution in [0.25, 0.3) is 16.7 Å². The van der Waals surface area contributed by atoms with Crippen molar-refractivity contribution in [2.45, 2.75) is 52.4 Å². The molecule has 1 amide bonds. The fraction of sp³-hybridized carbons (Fsp3) is 0.520. The zero-order chi connectivity index (χ0) is 22.1. The van der Waals surface area contributed by atoms with Gasteiger partial charge in [-0.25, -0.2) is 14.6 Å². The van der Waals surface area contributed by atoms with Crippen LogP contribution in [0.1, 0.15) is 50.5 Å². The van der Waals surface area contributed by atoms with Gasteiger partial charge in [0.2, 0.25) is 5.91 Å². The van der Waals surface area contributed by atoms with E-state index in [-0.39, 0.29) is 5.92 Å². The topological polar surface area (TPSA) is 67.2 Å². The summed E-state index contributed by atoms with van der Waals surface area (Å²) in [5, 5.41) is 5.85. The van der Waals surface area contributed by atoms with Crippen LogP contribution in [-0.2, 0) is 11.2 Å². The molecule has 0 radical (unpaired) electrons. The molecule has 2 aromatic heterocycles. The average molecular weight is 433 g/mol. The lowest BCUT2D eigenvalue weighted by atomic mass is 10.1. The summed E-state index contributed by atoms with van der Waals surface area (Å²) in [5.41, 5.74) is 2.81. The lowest BCUT2D eigenvalue weighted by Gasteiger charge is -2.37. The maximum atomic E-state index is 12.9. The molecule has 1 aliphatic carbocycles.